The van der Waals surface area contributed by atoms with Crippen molar-refractivity contribution in [3.05, 3.63) is 66.1 Å². The number of amides is 1. The number of rotatable bonds is 4. The lowest BCUT2D eigenvalue weighted by Crippen LogP contribution is -2.26. The number of aromatic nitrogens is 4. The number of imidazole rings is 1. The zero-order valence-electron chi connectivity index (χ0n) is 16.7. The van der Waals surface area contributed by atoms with Crippen LogP contribution in [0.25, 0.3) is 22.3 Å². The summed E-state index contributed by atoms with van der Waals surface area (Å²) in [5.41, 5.74) is 4.80. The maximum absolute atomic E-state index is 12.2. The number of hydrogen-bond donors (Lipinski definition) is 1. The van der Waals surface area contributed by atoms with Crippen molar-refractivity contribution in [3.8, 4) is 17.3 Å². The van der Waals surface area contributed by atoms with Crippen LogP contribution >= 0.6 is 0 Å². The minimum Gasteiger partial charge on any atom is -0.464 e. The summed E-state index contributed by atoms with van der Waals surface area (Å²) in [4.78, 5) is 26.4. The summed E-state index contributed by atoms with van der Waals surface area (Å²) in [7, 11) is 1.93. The van der Waals surface area contributed by atoms with Gasteiger partial charge in [-0.05, 0) is 60.7 Å². The van der Waals surface area contributed by atoms with Crippen molar-refractivity contribution in [1.82, 2.24) is 19.5 Å². The average molecular weight is 410 g/mol. The Morgan fingerprint density at radius 1 is 1.16 bits per heavy atom. The molecule has 3 heterocycles. The number of fused-ring (bicyclic) bond motifs is 1. The molecule has 8 heteroatoms. The van der Waals surface area contributed by atoms with Crippen LogP contribution in [0.5, 0.6) is 0 Å². The first-order chi connectivity index (χ1) is 15.0. The maximum atomic E-state index is 12.2. The highest BCUT2D eigenvalue weighted by Gasteiger charge is 2.28. The third-order valence-corrected chi connectivity index (χ3v) is 5.43. The molecule has 1 aliphatic rings. The van der Waals surface area contributed by atoms with Gasteiger partial charge in [-0.1, -0.05) is 6.07 Å². The molecule has 3 aromatic heterocycles. The van der Waals surface area contributed by atoms with Gasteiger partial charge in [0.2, 0.25) is 0 Å². The van der Waals surface area contributed by atoms with Crippen LogP contribution in [0.2, 0.25) is 0 Å². The first-order valence-corrected chi connectivity index (χ1v) is 9.86. The lowest BCUT2D eigenvalue weighted by Gasteiger charge is -2.19. The van der Waals surface area contributed by atoms with Crippen molar-refractivity contribution in [1.29, 1.82) is 5.26 Å². The van der Waals surface area contributed by atoms with E-state index in [-0.39, 0.29) is 11.6 Å². The van der Waals surface area contributed by atoms with Gasteiger partial charge in [0.1, 0.15) is 11.6 Å². The largest absolute Gasteiger partial charge is 0.464 e. The van der Waals surface area contributed by atoms with Crippen LogP contribution < -0.4 is 4.90 Å². The van der Waals surface area contributed by atoms with E-state index in [1.54, 1.807) is 12.4 Å². The maximum Gasteiger partial charge on any atom is 0.418 e. The number of hydrogen-bond acceptors (Lipinski definition) is 5. The molecule has 0 atom stereocenters. The van der Waals surface area contributed by atoms with E-state index in [2.05, 4.69) is 15.0 Å². The number of nitriles is 1. The van der Waals surface area contributed by atoms with Gasteiger partial charge in [0.25, 0.3) is 0 Å². The predicted molar refractivity (Wildman–Crippen MR) is 115 cm³/mol. The van der Waals surface area contributed by atoms with E-state index in [9.17, 15) is 15.2 Å². The smallest absolute Gasteiger partial charge is 0.418 e. The summed E-state index contributed by atoms with van der Waals surface area (Å²) in [6.45, 7) is 0. The Morgan fingerprint density at radius 3 is 2.74 bits per heavy atom. The van der Waals surface area contributed by atoms with E-state index in [1.807, 2.05) is 41.9 Å². The number of carboxylic acid groups (broad SMARTS) is 1. The molecule has 1 aromatic carbocycles. The van der Waals surface area contributed by atoms with E-state index in [0.29, 0.717) is 17.2 Å². The third kappa shape index (κ3) is 3.46. The molecule has 8 nitrogen and oxygen atoms in total. The first-order valence-electron chi connectivity index (χ1n) is 9.86. The molecule has 1 aliphatic carbocycles. The lowest BCUT2D eigenvalue weighted by molar-refractivity contribution is 0.204. The zero-order chi connectivity index (χ0) is 21.5. The summed E-state index contributed by atoms with van der Waals surface area (Å²) in [6.07, 6.45) is 4.11. The van der Waals surface area contributed by atoms with Gasteiger partial charge < -0.3 is 9.67 Å². The molecule has 0 saturated heterocycles. The fraction of sp³-hybridized carbons (Fsp3) is 0.174. The number of nitrogens with zero attached hydrogens (tertiary/aromatic N) is 6. The number of anilines is 2. The highest BCUT2D eigenvalue weighted by molar-refractivity contribution is 5.93. The quantitative estimate of drug-likeness (QED) is 0.527. The molecule has 0 unspecified atom stereocenters. The van der Waals surface area contributed by atoms with E-state index >= 15 is 0 Å². The molecule has 1 saturated carbocycles. The standard InChI is InChI=1S/C23H18N6O2/c1-28-13-26-18-5-4-16(10-20(18)28)19-9-17(15-2-3-15)11-22(27-19)29(23(30)31)21-8-14(12-24)6-7-25-21/h4-11,13,15H,2-3H2,1H3,(H,30,31). The van der Waals surface area contributed by atoms with Gasteiger partial charge in [-0.3, -0.25) is 0 Å². The number of pyridine rings is 2. The predicted octanol–water partition coefficient (Wildman–Crippen LogP) is 4.60. The third-order valence-electron chi connectivity index (χ3n) is 5.43. The van der Waals surface area contributed by atoms with Crippen molar-refractivity contribution in [2.45, 2.75) is 18.8 Å². The molecule has 0 radical (unpaired) electrons. The Hall–Kier alpha value is -4.25. The van der Waals surface area contributed by atoms with Crippen molar-refractivity contribution in [2.24, 2.45) is 7.05 Å². The fourth-order valence-electron chi connectivity index (χ4n) is 3.66. The zero-order valence-corrected chi connectivity index (χ0v) is 16.7. The Bertz CT molecular complexity index is 1370. The summed E-state index contributed by atoms with van der Waals surface area (Å²) < 4.78 is 1.94. The van der Waals surface area contributed by atoms with Crippen molar-refractivity contribution < 1.29 is 9.90 Å². The Kier molecular flexibility index (Phi) is 4.37. The number of benzene rings is 1. The molecule has 0 bridgehead atoms. The molecule has 0 spiro atoms. The van der Waals surface area contributed by atoms with Gasteiger partial charge in [-0.25, -0.2) is 24.6 Å². The van der Waals surface area contributed by atoms with Crippen LogP contribution in [0.3, 0.4) is 0 Å². The van der Waals surface area contributed by atoms with Gasteiger partial charge >= 0.3 is 6.09 Å². The van der Waals surface area contributed by atoms with Crippen LogP contribution in [-0.4, -0.2) is 30.7 Å². The molecule has 1 fully saturated rings. The van der Waals surface area contributed by atoms with Gasteiger partial charge in [0.05, 0.1) is 34.7 Å². The SMILES string of the molecule is Cn1cnc2ccc(-c3cc(C4CC4)cc(N(C(=O)O)c4cc(C#N)ccn4)n3)cc21. The van der Waals surface area contributed by atoms with Crippen LogP contribution in [0.4, 0.5) is 16.4 Å². The van der Waals surface area contributed by atoms with E-state index < -0.39 is 6.09 Å². The van der Waals surface area contributed by atoms with Crippen molar-refractivity contribution in [2.75, 3.05) is 4.90 Å². The minimum atomic E-state index is -1.21. The van der Waals surface area contributed by atoms with Crippen LogP contribution in [0.15, 0.2) is 55.0 Å². The van der Waals surface area contributed by atoms with E-state index in [0.717, 1.165) is 39.9 Å². The van der Waals surface area contributed by atoms with Gasteiger partial charge in [-0.15, -0.1) is 0 Å². The normalized spacial score (nSPS) is 13.2. The Labute approximate surface area is 178 Å². The Morgan fingerprint density at radius 2 is 2.00 bits per heavy atom. The van der Waals surface area contributed by atoms with Crippen molar-refractivity contribution in [3.63, 3.8) is 0 Å². The van der Waals surface area contributed by atoms with Crippen LogP contribution in [-0.2, 0) is 7.05 Å². The number of carbonyl (C=O) groups is 1. The van der Waals surface area contributed by atoms with Gasteiger partial charge in [0, 0.05) is 18.8 Å². The molecule has 4 aromatic rings. The van der Waals surface area contributed by atoms with Gasteiger partial charge in [-0.2, -0.15) is 5.26 Å². The average Bonchev–Trinajstić information content (AvgIpc) is 3.57. The van der Waals surface area contributed by atoms with E-state index in [4.69, 9.17) is 0 Å². The highest BCUT2D eigenvalue weighted by Crippen LogP contribution is 2.42. The van der Waals surface area contributed by atoms with Crippen molar-refractivity contribution >= 4 is 28.8 Å². The molecule has 5 rings (SSSR count). The molecular formula is C23H18N6O2. The summed E-state index contributed by atoms with van der Waals surface area (Å²) in [6, 6.07) is 14.7. The van der Waals surface area contributed by atoms with Crippen LogP contribution in [0, 0.1) is 11.3 Å². The highest BCUT2D eigenvalue weighted by atomic mass is 16.4. The molecule has 1 N–H and O–H groups in total. The lowest BCUT2D eigenvalue weighted by atomic mass is 10.1. The fourth-order valence-corrected chi connectivity index (χ4v) is 3.66. The molecule has 0 aliphatic heterocycles. The molecule has 152 valence electrons. The Balaban J connectivity index is 1.67. The van der Waals surface area contributed by atoms with E-state index in [1.165, 1.54) is 18.3 Å². The van der Waals surface area contributed by atoms with Gasteiger partial charge in [0.15, 0.2) is 0 Å². The second-order valence-corrected chi connectivity index (χ2v) is 7.61. The number of aryl methyl sites for hydroxylation is 1. The topological polar surface area (TPSA) is 108 Å². The summed E-state index contributed by atoms with van der Waals surface area (Å²) in [5, 5.41) is 19.1. The summed E-state index contributed by atoms with van der Waals surface area (Å²) in [5.74, 6) is 0.801. The second-order valence-electron chi connectivity index (χ2n) is 7.61. The van der Waals surface area contributed by atoms with Crippen LogP contribution in [0.1, 0.15) is 29.9 Å². The first kappa shape index (κ1) is 18.8. The molecular weight excluding hydrogens is 392 g/mol. The second kappa shape index (κ2) is 7.22. The minimum absolute atomic E-state index is 0.139. The molecule has 31 heavy (non-hydrogen) atoms. The molecule has 1 amide bonds. The summed E-state index contributed by atoms with van der Waals surface area (Å²) >= 11 is 0. The monoisotopic (exact) mass is 410 g/mol.